The van der Waals surface area contributed by atoms with Gasteiger partial charge in [0.1, 0.15) is 0 Å². The Hall–Kier alpha value is -0.813. The Labute approximate surface area is 130 Å². The van der Waals surface area contributed by atoms with Gasteiger partial charge in [-0.25, -0.2) is 5.75 Å². The second kappa shape index (κ2) is 8.38. The molecule has 19 heavy (non-hydrogen) atoms. The number of hydrogen-bond donors (Lipinski definition) is 0. The van der Waals surface area contributed by atoms with Gasteiger partial charge < -0.3 is 0 Å². The van der Waals surface area contributed by atoms with Gasteiger partial charge >= 0.3 is 18.9 Å². The first kappa shape index (κ1) is 16.2. The van der Waals surface area contributed by atoms with E-state index in [1.165, 1.54) is 11.1 Å². The summed E-state index contributed by atoms with van der Waals surface area (Å²) in [4.78, 5) is 0.883. The SMILES string of the molecule is Cc1ccc(S(=O)[CH-]CCc2ccccc2)cc1.[Li+]. The molecule has 0 heterocycles. The summed E-state index contributed by atoms with van der Waals surface area (Å²) in [6, 6.07) is 18.1. The molecule has 0 fully saturated rings. The van der Waals surface area contributed by atoms with E-state index in [1.54, 1.807) is 0 Å². The van der Waals surface area contributed by atoms with Crippen LogP contribution in [0.3, 0.4) is 0 Å². The van der Waals surface area contributed by atoms with E-state index in [-0.39, 0.29) is 18.9 Å². The van der Waals surface area contributed by atoms with Gasteiger partial charge in [-0.1, -0.05) is 60.0 Å². The van der Waals surface area contributed by atoms with Crippen LogP contribution in [0.5, 0.6) is 0 Å². The van der Waals surface area contributed by atoms with E-state index in [2.05, 4.69) is 12.1 Å². The van der Waals surface area contributed by atoms with Crippen molar-refractivity contribution in [1.82, 2.24) is 0 Å². The van der Waals surface area contributed by atoms with Crippen LogP contribution in [0.2, 0.25) is 0 Å². The van der Waals surface area contributed by atoms with Crippen LogP contribution >= 0.6 is 0 Å². The van der Waals surface area contributed by atoms with Crippen LogP contribution in [0.25, 0.3) is 0 Å². The summed E-state index contributed by atoms with van der Waals surface area (Å²) in [5.41, 5.74) is 2.48. The maximum absolute atomic E-state index is 12.0. The van der Waals surface area contributed by atoms with Crippen molar-refractivity contribution < 1.29 is 23.1 Å². The summed E-state index contributed by atoms with van der Waals surface area (Å²) in [6.45, 7) is 2.03. The maximum Gasteiger partial charge on any atom is 1.00 e. The maximum atomic E-state index is 12.0. The molecule has 0 aliphatic heterocycles. The molecule has 3 heteroatoms. The Bertz CT molecular complexity index is 508. The summed E-state index contributed by atoms with van der Waals surface area (Å²) in [7, 11) is -0.990. The summed E-state index contributed by atoms with van der Waals surface area (Å²) < 4.78 is 12.0. The van der Waals surface area contributed by atoms with E-state index in [0.29, 0.717) is 0 Å². The zero-order valence-electron chi connectivity index (χ0n) is 11.5. The minimum Gasteiger partial charge on any atom is -0.289 e. The third-order valence-corrected chi connectivity index (χ3v) is 4.07. The van der Waals surface area contributed by atoms with Crippen molar-refractivity contribution >= 4 is 10.8 Å². The summed E-state index contributed by atoms with van der Waals surface area (Å²) in [6.07, 6.45) is 1.78. The van der Waals surface area contributed by atoms with Crippen molar-refractivity contribution in [2.45, 2.75) is 24.7 Å². The van der Waals surface area contributed by atoms with Crippen molar-refractivity contribution in [2.24, 2.45) is 0 Å². The van der Waals surface area contributed by atoms with Gasteiger partial charge in [-0.15, -0.1) is 10.8 Å². The molecule has 0 N–H and O–H groups in total. The fourth-order valence-electron chi connectivity index (χ4n) is 1.75. The molecule has 0 amide bonds. The second-order valence-electron chi connectivity index (χ2n) is 4.30. The van der Waals surface area contributed by atoms with E-state index in [4.69, 9.17) is 0 Å². The smallest absolute Gasteiger partial charge is 0.289 e. The molecule has 0 saturated carbocycles. The summed E-state index contributed by atoms with van der Waals surface area (Å²) in [5.74, 6) is 1.89. The Kier molecular flexibility index (Phi) is 7.16. The van der Waals surface area contributed by atoms with Gasteiger partial charge in [-0.2, -0.15) is 6.42 Å². The first-order valence-electron chi connectivity index (χ1n) is 6.10. The van der Waals surface area contributed by atoms with Crippen LogP contribution in [-0.2, 0) is 17.2 Å². The van der Waals surface area contributed by atoms with Crippen molar-refractivity contribution in [1.29, 1.82) is 0 Å². The van der Waals surface area contributed by atoms with Crippen LogP contribution in [0.15, 0.2) is 59.5 Å². The van der Waals surface area contributed by atoms with E-state index in [9.17, 15) is 4.21 Å². The summed E-state index contributed by atoms with van der Waals surface area (Å²) in [5, 5.41) is 0. The van der Waals surface area contributed by atoms with E-state index in [1.807, 2.05) is 55.1 Å². The molecule has 2 rings (SSSR count). The average Bonchev–Trinajstić information content (AvgIpc) is 2.40. The van der Waals surface area contributed by atoms with Crippen LogP contribution in [0.4, 0.5) is 0 Å². The van der Waals surface area contributed by atoms with Crippen molar-refractivity contribution in [3.8, 4) is 0 Å². The topological polar surface area (TPSA) is 17.1 Å². The molecule has 2 aromatic rings. The molecule has 2 aromatic carbocycles. The minimum absolute atomic E-state index is 0. The molecule has 0 radical (unpaired) electrons. The predicted molar refractivity (Wildman–Crippen MR) is 76.7 cm³/mol. The van der Waals surface area contributed by atoms with Crippen molar-refractivity contribution in [2.75, 3.05) is 0 Å². The first-order chi connectivity index (χ1) is 8.75. The van der Waals surface area contributed by atoms with Crippen LogP contribution in [0.1, 0.15) is 17.5 Å². The third-order valence-electron chi connectivity index (χ3n) is 2.80. The number of hydrogen-bond acceptors (Lipinski definition) is 1. The number of rotatable bonds is 5. The predicted octanol–water partition coefficient (Wildman–Crippen LogP) is 0.901. The van der Waals surface area contributed by atoms with Gasteiger partial charge in [0.15, 0.2) is 0 Å². The largest absolute Gasteiger partial charge is 1.00 e. The van der Waals surface area contributed by atoms with Crippen LogP contribution in [0, 0.1) is 12.7 Å². The molecular weight excluding hydrogens is 247 g/mol. The molecule has 0 spiro atoms. The number of aryl methyl sites for hydroxylation is 2. The van der Waals surface area contributed by atoms with Gasteiger partial charge in [0.05, 0.1) is 0 Å². The molecule has 0 bridgehead atoms. The Morgan fingerprint density at radius 1 is 1.00 bits per heavy atom. The molecule has 0 aliphatic rings. The first-order valence-corrected chi connectivity index (χ1v) is 7.31. The zero-order chi connectivity index (χ0) is 12.8. The molecule has 94 valence electrons. The van der Waals surface area contributed by atoms with Gasteiger partial charge in [-0.05, 0) is 19.1 Å². The van der Waals surface area contributed by atoms with Gasteiger partial charge in [0, 0.05) is 4.90 Å². The normalized spacial score (nSPS) is 11.6. The van der Waals surface area contributed by atoms with Crippen LogP contribution in [-0.4, -0.2) is 4.21 Å². The standard InChI is InChI=1S/C16H17OS.Li/c1-14-9-11-16(12-10-14)18(17)13-5-8-15-6-3-2-4-7-15;/h2-4,6-7,9-13H,5,8H2,1H3;/q-1;+1. The quantitative estimate of drug-likeness (QED) is 0.579. The second-order valence-corrected chi connectivity index (χ2v) is 5.70. The monoisotopic (exact) mass is 264 g/mol. The van der Waals surface area contributed by atoms with Crippen LogP contribution < -0.4 is 18.9 Å². The van der Waals surface area contributed by atoms with E-state index < -0.39 is 10.8 Å². The fourth-order valence-corrected chi connectivity index (χ4v) is 2.67. The molecule has 0 saturated heterocycles. The summed E-state index contributed by atoms with van der Waals surface area (Å²) >= 11 is 0. The Morgan fingerprint density at radius 2 is 1.63 bits per heavy atom. The molecule has 1 unspecified atom stereocenters. The molecule has 0 aromatic heterocycles. The molecule has 0 aliphatic carbocycles. The zero-order valence-corrected chi connectivity index (χ0v) is 12.3. The third kappa shape index (κ3) is 5.36. The Balaban J connectivity index is 0.00000180. The number of benzene rings is 2. The van der Waals surface area contributed by atoms with Gasteiger partial charge in [0.25, 0.3) is 0 Å². The molecular formula is C16H17LiOS. The van der Waals surface area contributed by atoms with Crippen molar-refractivity contribution in [3.05, 3.63) is 71.5 Å². The van der Waals surface area contributed by atoms with E-state index >= 15 is 0 Å². The molecule has 1 nitrogen and oxygen atoms in total. The van der Waals surface area contributed by atoms with Gasteiger partial charge in [-0.3, -0.25) is 4.21 Å². The fraction of sp³-hybridized carbons (Fsp3) is 0.188. The van der Waals surface area contributed by atoms with E-state index in [0.717, 1.165) is 17.7 Å². The van der Waals surface area contributed by atoms with Crippen molar-refractivity contribution in [3.63, 3.8) is 0 Å². The minimum atomic E-state index is -0.990. The Morgan fingerprint density at radius 3 is 2.26 bits per heavy atom. The average molecular weight is 264 g/mol. The van der Waals surface area contributed by atoms with Gasteiger partial charge in [0.2, 0.25) is 0 Å². The molecule has 1 atom stereocenters.